The van der Waals surface area contributed by atoms with Gasteiger partial charge in [-0.15, -0.1) is 0 Å². The second kappa shape index (κ2) is 7.88. The first-order valence-corrected chi connectivity index (χ1v) is 8.64. The zero-order valence-electron chi connectivity index (χ0n) is 15.1. The van der Waals surface area contributed by atoms with Crippen molar-refractivity contribution in [2.24, 2.45) is 5.92 Å². The van der Waals surface area contributed by atoms with Gasteiger partial charge in [0.2, 0.25) is 0 Å². The van der Waals surface area contributed by atoms with Crippen LogP contribution in [0.1, 0.15) is 44.7 Å². The summed E-state index contributed by atoms with van der Waals surface area (Å²) in [5.41, 5.74) is 5.32. The van der Waals surface area contributed by atoms with E-state index in [-0.39, 0.29) is 5.92 Å². The fourth-order valence-electron chi connectivity index (χ4n) is 3.50. The molecule has 0 saturated carbocycles. The zero-order chi connectivity index (χ0) is 17.9. The van der Waals surface area contributed by atoms with Crippen LogP contribution in [0.15, 0.2) is 41.2 Å². The quantitative estimate of drug-likeness (QED) is 0.746. The minimum atomic E-state index is 0.101. The number of hydrogen-bond acceptors (Lipinski definition) is 3. The molecule has 24 heavy (non-hydrogen) atoms. The van der Waals surface area contributed by atoms with Gasteiger partial charge >= 0.3 is 0 Å². The average Bonchev–Trinajstić information content (AvgIpc) is 2.54. The second-order valence-electron chi connectivity index (χ2n) is 6.45. The third kappa shape index (κ3) is 3.50. The number of rotatable bonds is 5. The highest BCUT2D eigenvalue weighted by Gasteiger charge is 2.29. The molecule has 0 radical (unpaired) electrons. The largest absolute Gasteiger partial charge is 0.383 e. The number of benzene rings is 1. The first-order valence-electron chi connectivity index (χ1n) is 8.26. The van der Waals surface area contributed by atoms with E-state index in [2.05, 4.69) is 44.7 Å². The van der Waals surface area contributed by atoms with Gasteiger partial charge in [0.25, 0.3) is 0 Å². The highest BCUT2D eigenvalue weighted by Crippen LogP contribution is 2.42. The summed E-state index contributed by atoms with van der Waals surface area (Å²) in [6.45, 7) is 10.2. The first-order chi connectivity index (χ1) is 11.4. The maximum absolute atomic E-state index is 9.28. The molecule has 0 bridgehead atoms. The van der Waals surface area contributed by atoms with Crippen LogP contribution in [0.5, 0.6) is 0 Å². The number of methoxy groups -OCH3 is 1. The second-order valence-corrected chi connectivity index (χ2v) is 6.82. The van der Waals surface area contributed by atoms with Crippen LogP contribution in [0.25, 0.3) is 0 Å². The molecule has 0 amide bonds. The predicted octanol–water partition coefficient (Wildman–Crippen LogP) is 5.09. The molecule has 1 aliphatic heterocycles. The summed E-state index contributed by atoms with van der Waals surface area (Å²) >= 11 is 6.52. The van der Waals surface area contributed by atoms with Crippen molar-refractivity contribution in [2.75, 3.05) is 20.3 Å². The van der Waals surface area contributed by atoms with Crippen LogP contribution in [-0.4, -0.2) is 25.2 Å². The minimum absolute atomic E-state index is 0.101. The molecule has 1 aliphatic rings. The highest BCUT2D eigenvalue weighted by molar-refractivity contribution is 6.32. The number of hydrogen-bond donors (Lipinski definition) is 0. The Morgan fingerprint density at radius 2 is 2.04 bits per heavy atom. The van der Waals surface area contributed by atoms with Crippen LogP contribution in [0.3, 0.4) is 0 Å². The summed E-state index contributed by atoms with van der Waals surface area (Å²) in [6.07, 6.45) is 2.25. The summed E-state index contributed by atoms with van der Waals surface area (Å²) in [7, 11) is 1.72. The topological polar surface area (TPSA) is 36.3 Å². The van der Waals surface area contributed by atoms with Gasteiger partial charge in [0.15, 0.2) is 0 Å². The maximum Gasteiger partial charge on any atom is 0.101 e. The van der Waals surface area contributed by atoms with E-state index in [0.717, 1.165) is 12.1 Å². The fraction of sp³-hybridized carbons (Fsp3) is 0.450. The smallest absolute Gasteiger partial charge is 0.101 e. The van der Waals surface area contributed by atoms with Crippen molar-refractivity contribution >= 4 is 11.6 Å². The van der Waals surface area contributed by atoms with Gasteiger partial charge in [-0.2, -0.15) is 5.26 Å². The van der Waals surface area contributed by atoms with Crippen molar-refractivity contribution in [1.29, 1.82) is 5.26 Å². The van der Waals surface area contributed by atoms with Gasteiger partial charge in [-0.25, -0.2) is 0 Å². The van der Waals surface area contributed by atoms with Gasteiger partial charge in [0, 0.05) is 31.0 Å². The summed E-state index contributed by atoms with van der Waals surface area (Å²) in [5.74, 6) is 0.482. The molecule has 128 valence electrons. The Morgan fingerprint density at radius 1 is 1.33 bits per heavy atom. The van der Waals surface area contributed by atoms with E-state index in [9.17, 15) is 5.26 Å². The number of ether oxygens (including phenoxy) is 1. The van der Waals surface area contributed by atoms with Crippen molar-refractivity contribution in [2.45, 2.75) is 33.6 Å². The van der Waals surface area contributed by atoms with E-state index in [1.165, 1.54) is 17.0 Å². The molecule has 0 aliphatic carbocycles. The number of nitriles is 1. The molecule has 0 aromatic heterocycles. The molecule has 1 aromatic rings. The van der Waals surface area contributed by atoms with Crippen LogP contribution in [0.4, 0.5) is 0 Å². The number of nitrogens with zero attached hydrogens (tertiary/aromatic N) is 2. The molecular weight excluding hydrogens is 320 g/mol. The highest BCUT2D eigenvalue weighted by atomic mass is 35.5. The molecular formula is C20H25ClN2O. The lowest BCUT2D eigenvalue weighted by Gasteiger charge is -2.37. The van der Waals surface area contributed by atoms with Crippen molar-refractivity contribution in [1.82, 2.24) is 4.90 Å². The molecule has 0 N–H and O–H groups in total. The van der Waals surface area contributed by atoms with Crippen molar-refractivity contribution in [3.63, 3.8) is 0 Å². The molecule has 1 heterocycles. The third-order valence-electron chi connectivity index (χ3n) is 4.62. The van der Waals surface area contributed by atoms with Crippen LogP contribution >= 0.6 is 11.6 Å². The van der Waals surface area contributed by atoms with Gasteiger partial charge in [0.1, 0.15) is 6.07 Å². The Morgan fingerprint density at radius 3 is 2.62 bits per heavy atom. The summed E-state index contributed by atoms with van der Waals surface area (Å²) < 4.78 is 5.25. The maximum atomic E-state index is 9.28. The lowest BCUT2D eigenvalue weighted by molar-refractivity contribution is 0.174. The molecule has 0 fully saturated rings. The molecule has 1 atom stereocenters. The van der Waals surface area contributed by atoms with E-state index in [1.807, 2.05) is 12.1 Å². The van der Waals surface area contributed by atoms with Crippen molar-refractivity contribution < 1.29 is 4.74 Å². The molecule has 4 heteroatoms. The van der Waals surface area contributed by atoms with E-state index >= 15 is 0 Å². The molecule has 1 unspecified atom stereocenters. The first kappa shape index (κ1) is 18.6. The van der Waals surface area contributed by atoms with E-state index in [1.54, 1.807) is 13.2 Å². The van der Waals surface area contributed by atoms with Gasteiger partial charge in [-0.3, -0.25) is 0 Å². The molecule has 0 spiro atoms. The van der Waals surface area contributed by atoms with Gasteiger partial charge < -0.3 is 9.64 Å². The SMILES string of the molecule is COCCN1C(C)=CC(c2cccc(C#N)c2Cl)C(C(C)C)=C1C. The van der Waals surface area contributed by atoms with E-state index in [0.29, 0.717) is 23.1 Å². The summed E-state index contributed by atoms with van der Waals surface area (Å²) in [4.78, 5) is 2.30. The average molecular weight is 345 g/mol. The van der Waals surface area contributed by atoms with Gasteiger partial charge in [-0.05, 0) is 37.0 Å². The summed E-state index contributed by atoms with van der Waals surface area (Å²) in [5, 5.41) is 9.84. The molecule has 3 nitrogen and oxygen atoms in total. The number of allylic oxidation sites excluding steroid dienone is 4. The van der Waals surface area contributed by atoms with E-state index in [4.69, 9.17) is 16.3 Å². The Balaban J connectivity index is 2.55. The van der Waals surface area contributed by atoms with Crippen LogP contribution < -0.4 is 0 Å². The molecule has 0 saturated heterocycles. The van der Waals surface area contributed by atoms with Crippen molar-refractivity contribution in [3.05, 3.63) is 57.4 Å². The van der Waals surface area contributed by atoms with Crippen LogP contribution in [0, 0.1) is 17.2 Å². The Hall–Kier alpha value is -1.76. The lowest BCUT2D eigenvalue weighted by Crippen LogP contribution is -2.30. The standard InChI is InChI=1S/C20H25ClN2O/c1-13(2)19-15(4)23(9-10-24-5)14(3)11-18(19)17-8-6-7-16(12-22)20(17)21/h6-8,11,13,18H,9-10H2,1-5H3. The third-order valence-corrected chi connectivity index (χ3v) is 5.04. The molecule has 1 aromatic carbocycles. The zero-order valence-corrected chi connectivity index (χ0v) is 15.8. The lowest BCUT2D eigenvalue weighted by atomic mass is 9.80. The van der Waals surface area contributed by atoms with Gasteiger partial charge in [0.05, 0.1) is 17.2 Å². The normalized spacial score (nSPS) is 18.0. The van der Waals surface area contributed by atoms with Crippen LogP contribution in [0.2, 0.25) is 5.02 Å². The Kier molecular flexibility index (Phi) is 6.10. The van der Waals surface area contributed by atoms with Gasteiger partial charge in [-0.1, -0.05) is 43.7 Å². The number of halogens is 1. The Labute approximate surface area is 150 Å². The minimum Gasteiger partial charge on any atom is -0.383 e. The Bertz CT molecular complexity index is 713. The van der Waals surface area contributed by atoms with Crippen molar-refractivity contribution in [3.8, 4) is 6.07 Å². The van der Waals surface area contributed by atoms with Crippen LogP contribution in [-0.2, 0) is 4.74 Å². The monoisotopic (exact) mass is 344 g/mol. The molecule has 2 rings (SSSR count). The predicted molar refractivity (Wildman–Crippen MR) is 98.8 cm³/mol. The van der Waals surface area contributed by atoms with E-state index < -0.39 is 0 Å². The fourth-order valence-corrected chi connectivity index (χ4v) is 3.79. The summed E-state index contributed by atoms with van der Waals surface area (Å²) in [6, 6.07) is 7.88.